The number of hydrogen-bond donors (Lipinski definition) is 1. The van der Waals surface area contributed by atoms with Crippen LogP contribution in [-0.4, -0.2) is 24.3 Å². The molecule has 2 aromatic carbocycles. The summed E-state index contributed by atoms with van der Waals surface area (Å²) >= 11 is 0. The summed E-state index contributed by atoms with van der Waals surface area (Å²) in [6.07, 6.45) is 0. The molecule has 0 heterocycles. The average molecular weight is 333 g/mol. The Morgan fingerprint density at radius 3 is 2.30 bits per heavy atom. The second-order valence-electron chi connectivity index (χ2n) is 5.13. The number of rotatable bonds is 6. The fourth-order valence-corrected chi connectivity index (χ4v) is 3.24. The molecular formula is C17H20NO4P. The van der Waals surface area contributed by atoms with E-state index in [1.165, 1.54) is 17.7 Å². The van der Waals surface area contributed by atoms with Crippen LogP contribution in [0.15, 0.2) is 54.6 Å². The number of ether oxygens (including phenoxy) is 1. The zero-order valence-corrected chi connectivity index (χ0v) is 14.1. The van der Waals surface area contributed by atoms with Gasteiger partial charge in [0, 0.05) is 24.6 Å². The SMILES string of the molecule is CCOC(=O)P(=O)(O)c1ccc(N(C)Cc2ccccc2)cc1. The Labute approximate surface area is 136 Å². The third kappa shape index (κ3) is 4.21. The van der Waals surface area contributed by atoms with Crippen LogP contribution in [-0.2, 0) is 15.8 Å². The summed E-state index contributed by atoms with van der Waals surface area (Å²) in [7, 11) is -2.21. The molecule has 0 spiro atoms. The van der Waals surface area contributed by atoms with E-state index >= 15 is 0 Å². The van der Waals surface area contributed by atoms with Crippen LogP contribution in [0.4, 0.5) is 10.5 Å². The van der Waals surface area contributed by atoms with E-state index in [2.05, 4.69) is 4.74 Å². The maximum absolute atomic E-state index is 12.1. The van der Waals surface area contributed by atoms with Crippen LogP contribution in [0.5, 0.6) is 0 Å². The fourth-order valence-electron chi connectivity index (χ4n) is 2.17. The van der Waals surface area contributed by atoms with Crippen LogP contribution in [0.2, 0.25) is 0 Å². The number of anilines is 1. The van der Waals surface area contributed by atoms with Gasteiger partial charge < -0.3 is 14.5 Å². The standard InChI is InChI=1S/C17H20NO4P/c1-3-22-17(19)23(20,21)16-11-9-15(10-12-16)18(2)13-14-7-5-4-6-8-14/h4-12H,3,13H2,1-2H3,(H,20,21). The molecule has 1 N–H and O–H groups in total. The second-order valence-corrected chi connectivity index (χ2v) is 7.17. The zero-order chi connectivity index (χ0) is 16.9. The lowest BCUT2D eigenvalue weighted by molar-refractivity contribution is 0.175. The maximum atomic E-state index is 12.1. The molecule has 0 fully saturated rings. The lowest BCUT2D eigenvalue weighted by atomic mass is 10.2. The Balaban J connectivity index is 2.13. The second kappa shape index (κ2) is 7.44. The lowest BCUT2D eigenvalue weighted by Gasteiger charge is -2.20. The van der Waals surface area contributed by atoms with Crippen LogP contribution in [0, 0.1) is 0 Å². The van der Waals surface area contributed by atoms with Gasteiger partial charge in [0.05, 0.1) is 6.61 Å². The lowest BCUT2D eigenvalue weighted by Crippen LogP contribution is -2.18. The van der Waals surface area contributed by atoms with Gasteiger partial charge in [-0.25, -0.2) is 4.79 Å². The number of carbonyl (C=O) groups excluding carboxylic acids is 1. The van der Waals surface area contributed by atoms with Crippen molar-refractivity contribution in [2.75, 3.05) is 18.6 Å². The fraction of sp³-hybridized carbons (Fsp3) is 0.235. The van der Waals surface area contributed by atoms with E-state index in [-0.39, 0.29) is 11.9 Å². The Hall–Kier alpha value is -2.10. The van der Waals surface area contributed by atoms with Gasteiger partial charge in [0.25, 0.3) is 0 Å². The van der Waals surface area contributed by atoms with E-state index in [0.29, 0.717) is 0 Å². The molecule has 0 aromatic heterocycles. The minimum atomic E-state index is -4.15. The third-order valence-corrected chi connectivity index (χ3v) is 5.04. The first-order chi connectivity index (χ1) is 10.9. The Morgan fingerprint density at radius 1 is 1.13 bits per heavy atom. The Bertz CT molecular complexity index is 700. The minimum absolute atomic E-state index is 0.0707. The summed E-state index contributed by atoms with van der Waals surface area (Å²) in [6, 6.07) is 16.4. The molecule has 0 bridgehead atoms. The summed E-state index contributed by atoms with van der Waals surface area (Å²) in [5.74, 6) is 0. The molecule has 0 saturated heterocycles. The van der Waals surface area contributed by atoms with Gasteiger partial charge >= 0.3 is 13.1 Å². The van der Waals surface area contributed by atoms with Gasteiger partial charge in [-0.1, -0.05) is 30.3 Å². The summed E-state index contributed by atoms with van der Waals surface area (Å²) in [4.78, 5) is 23.5. The van der Waals surface area contributed by atoms with Gasteiger partial charge in [0.15, 0.2) is 0 Å². The number of hydrogen-bond acceptors (Lipinski definition) is 4. The highest BCUT2D eigenvalue weighted by molar-refractivity contribution is 7.81. The molecule has 0 aliphatic rings. The van der Waals surface area contributed by atoms with Crippen molar-refractivity contribution in [3.63, 3.8) is 0 Å². The van der Waals surface area contributed by atoms with Crippen molar-refractivity contribution in [2.45, 2.75) is 13.5 Å². The van der Waals surface area contributed by atoms with Crippen molar-refractivity contribution >= 4 is 24.1 Å². The van der Waals surface area contributed by atoms with E-state index in [4.69, 9.17) is 0 Å². The maximum Gasteiger partial charge on any atom is 0.396 e. The minimum Gasteiger partial charge on any atom is -0.459 e. The highest BCUT2D eigenvalue weighted by atomic mass is 31.2. The van der Waals surface area contributed by atoms with Crippen molar-refractivity contribution in [1.29, 1.82) is 0 Å². The van der Waals surface area contributed by atoms with Gasteiger partial charge in [-0.05, 0) is 36.8 Å². The largest absolute Gasteiger partial charge is 0.459 e. The monoisotopic (exact) mass is 333 g/mol. The molecule has 2 rings (SSSR count). The van der Waals surface area contributed by atoms with Gasteiger partial charge in [-0.15, -0.1) is 0 Å². The molecule has 0 amide bonds. The molecule has 6 heteroatoms. The predicted octanol–water partition coefficient (Wildman–Crippen LogP) is 3.38. The summed E-state index contributed by atoms with van der Waals surface area (Å²) in [6.45, 7) is 2.38. The van der Waals surface area contributed by atoms with Crippen molar-refractivity contribution in [1.82, 2.24) is 0 Å². The smallest absolute Gasteiger partial charge is 0.396 e. The van der Waals surface area contributed by atoms with Crippen molar-refractivity contribution in [3.05, 3.63) is 60.2 Å². The Morgan fingerprint density at radius 2 is 1.74 bits per heavy atom. The van der Waals surface area contributed by atoms with Crippen LogP contribution in [0.25, 0.3) is 0 Å². The van der Waals surface area contributed by atoms with Gasteiger partial charge in [-0.2, -0.15) is 0 Å². The van der Waals surface area contributed by atoms with E-state index in [9.17, 15) is 14.3 Å². The van der Waals surface area contributed by atoms with E-state index in [1.54, 1.807) is 19.1 Å². The molecule has 0 aliphatic carbocycles. The van der Waals surface area contributed by atoms with Crippen LogP contribution in [0.3, 0.4) is 0 Å². The quantitative estimate of drug-likeness (QED) is 0.821. The molecule has 0 aliphatic heterocycles. The molecule has 23 heavy (non-hydrogen) atoms. The van der Waals surface area contributed by atoms with Crippen molar-refractivity contribution in [2.24, 2.45) is 0 Å². The first-order valence-electron chi connectivity index (χ1n) is 7.31. The third-order valence-electron chi connectivity index (χ3n) is 3.42. The number of nitrogens with zero attached hydrogens (tertiary/aromatic N) is 1. The van der Waals surface area contributed by atoms with Gasteiger partial charge in [0.1, 0.15) is 0 Å². The molecule has 1 atom stereocenters. The van der Waals surface area contributed by atoms with E-state index < -0.39 is 13.1 Å². The van der Waals surface area contributed by atoms with Crippen molar-refractivity contribution in [3.8, 4) is 0 Å². The first-order valence-corrected chi connectivity index (χ1v) is 8.97. The Kier molecular flexibility index (Phi) is 5.59. The predicted molar refractivity (Wildman–Crippen MR) is 91.5 cm³/mol. The zero-order valence-electron chi connectivity index (χ0n) is 13.2. The van der Waals surface area contributed by atoms with Crippen LogP contribution in [0.1, 0.15) is 12.5 Å². The highest BCUT2D eigenvalue weighted by Crippen LogP contribution is 2.41. The van der Waals surface area contributed by atoms with Crippen LogP contribution < -0.4 is 10.2 Å². The van der Waals surface area contributed by atoms with Gasteiger partial charge in [-0.3, -0.25) is 4.57 Å². The molecule has 0 radical (unpaired) electrons. The normalized spacial score (nSPS) is 13.2. The number of benzene rings is 2. The van der Waals surface area contributed by atoms with E-state index in [1.807, 2.05) is 42.3 Å². The molecule has 0 saturated carbocycles. The molecule has 2 aromatic rings. The molecule has 5 nitrogen and oxygen atoms in total. The average Bonchev–Trinajstić information content (AvgIpc) is 2.56. The summed E-state index contributed by atoms with van der Waals surface area (Å²) in [5.41, 5.74) is 0.977. The highest BCUT2D eigenvalue weighted by Gasteiger charge is 2.33. The number of carbonyl (C=O) groups is 1. The van der Waals surface area contributed by atoms with Crippen LogP contribution >= 0.6 is 7.37 Å². The molecular weight excluding hydrogens is 313 g/mol. The van der Waals surface area contributed by atoms with E-state index in [0.717, 1.165) is 12.2 Å². The molecule has 122 valence electrons. The van der Waals surface area contributed by atoms with Gasteiger partial charge in [0.2, 0.25) is 0 Å². The first kappa shape index (κ1) is 17.3. The van der Waals surface area contributed by atoms with Crippen molar-refractivity contribution < 1.29 is 19.0 Å². The molecule has 1 unspecified atom stereocenters. The summed E-state index contributed by atoms with van der Waals surface area (Å²) in [5, 5.41) is 0.0767. The topological polar surface area (TPSA) is 66.8 Å². The summed E-state index contributed by atoms with van der Waals surface area (Å²) < 4.78 is 16.8.